The monoisotopic (exact) mass is 596 g/mol. The molecule has 0 bridgehead atoms. The van der Waals surface area contributed by atoms with Gasteiger partial charge in [0.05, 0.1) is 0 Å². The van der Waals surface area contributed by atoms with E-state index in [-0.39, 0.29) is 23.9 Å². The van der Waals surface area contributed by atoms with Gasteiger partial charge in [-0.1, -0.05) is 17.9 Å². The van der Waals surface area contributed by atoms with E-state index in [0.29, 0.717) is 27.6 Å². The van der Waals surface area contributed by atoms with Crippen LogP contribution < -0.4 is 11.1 Å². The maximum Gasteiger partial charge on any atom is 0.490 e. The number of carbonyl (C=O) groups is 3. The molecule has 5 N–H and O–H groups in total. The first-order chi connectivity index (χ1) is 19.9. The second kappa shape index (κ2) is 12.4. The topological polar surface area (TPSA) is 172 Å². The Balaban J connectivity index is 0.000000517. The lowest BCUT2D eigenvalue weighted by molar-refractivity contribution is -0.192. The number of halogens is 3. The van der Waals surface area contributed by atoms with Crippen molar-refractivity contribution < 1.29 is 37.8 Å². The smallest absolute Gasteiger partial charge is 0.490 e. The normalized spacial score (nSPS) is 12.7. The summed E-state index contributed by atoms with van der Waals surface area (Å²) in [7, 11) is 0. The summed E-state index contributed by atoms with van der Waals surface area (Å²) in [5.41, 5.74) is 8.21. The molecule has 1 aliphatic rings. The van der Waals surface area contributed by atoms with Crippen molar-refractivity contribution in [3.8, 4) is 17.6 Å². The van der Waals surface area contributed by atoms with Gasteiger partial charge in [0.25, 0.3) is 11.8 Å². The van der Waals surface area contributed by atoms with Crippen LogP contribution >= 0.6 is 11.3 Å². The number of carboxylic acid groups (broad SMARTS) is 1. The van der Waals surface area contributed by atoms with Gasteiger partial charge in [0, 0.05) is 47.2 Å². The fraction of sp³-hybridized carbons (Fsp3) is 0.111. The number of aliphatic carboxylic acids is 1. The number of nitrogens with one attached hydrogen (secondary N) is 1. The van der Waals surface area contributed by atoms with Crippen LogP contribution in [-0.4, -0.2) is 54.0 Å². The lowest BCUT2D eigenvalue weighted by atomic mass is 10.1. The molecule has 0 radical (unpaired) electrons. The maximum absolute atomic E-state index is 13.4. The first kappa shape index (κ1) is 29.5. The van der Waals surface area contributed by atoms with Crippen molar-refractivity contribution in [2.24, 2.45) is 0 Å². The minimum atomic E-state index is -5.08. The molecular weight excluding hydrogens is 577 g/mol. The summed E-state index contributed by atoms with van der Waals surface area (Å²) >= 11 is 1.25. The van der Waals surface area contributed by atoms with Crippen molar-refractivity contribution in [2.75, 3.05) is 11.1 Å². The van der Waals surface area contributed by atoms with E-state index in [1.807, 2.05) is 12.1 Å². The summed E-state index contributed by atoms with van der Waals surface area (Å²) in [5.74, 6) is 2.62. The van der Waals surface area contributed by atoms with Gasteiger partial charge >= 0.3 is 12.1 Å². The van der Waals surface area contributed by atoms with E-state index >= 15 is 0 Å². The van der Waals surface area contributed by atoms with Crippen molar-refractivity contribution in [2.45, 2.75) is 18.8 Å². The Hall–Kier alpha value is -5.49. The Morgan fingerprint density at radius 1 is 1.07 bits per heavy atom. The van der Waals surface area contributed by atoms with Crippen LogP contribution in [0.5, 0.6) is 5.75 Å². The Morgan fingerprint density at radius 2 is 1.79 bits per heavy atom. The minimum absolute atomic E-state index is 0.0820. The number of anilines is 2. The number of pyridine rings is 2. The molecule has 1 aromatic carbocycles. The van der Waals surface area contributed by atoms with Crippen molar-refractivity contribution in [1.82, 2.24) is 19.9 Å². The predicted molar refractivity (Wildman–Crippen MR) is 144 cm³/mol. The average Bonchev–Trinajstić information content (AvgIpc) is 3.57. The number of aromatic nitrogens is 3. The molecule has 3 aromatic heterocycles. The Morgan fingerprint density at radius 3 is 2.40 bits per heavy atom. The molecule has 4 heterocycles. The van der Waals surface area contributed by atoms with Crippen LogP contribution in [0, 0.1) is 11.8 Å². The molecule has 15 heteroatoms. The molecule has 0 saturated heterocycles. The molecule has 0 unspecified atom stereocenters. The third-order valence-corrected chi connectivity index (χ3v) is 6.31. The van der Waals surface area contributed by atoms with Crippen LogP contribution in [0.25, 0.3) is 0 Å². The summed E-state index contributed by atoms with van der Waals surface area (Å²) in [4.78, 5) is 49.3. The van der Waals surface area contributed by atoms with Crippen molar-refractivity contribution in [1.29, 1.82) is 0 Å². The summed E-state index contributed by atoms with van der Waals surface area (Å²) in [6.07, 6.45) is -0.479. The Labute approximate surface area is 239 Å². The second-order valence-corrected chi connectivity index (χ2v) is 9.36. The summed E-state index contributed by atoms with van der Waals surface area (Å²) in [6.45, 7) is 0.176. The van der Waals surface area contributed by atoms with E-state index in [0.717, 1.165) is 5.56 Å². The van der Waals surface area contributed by atoms with Gasteiger partial charge in [-0.15, -0.1) is 11.3 Å². The molecule has 1 aliphatic heterocycles. The summed E-state index contributed by atoms with van der Waals surface area (Å²) in [5, 5.41) is 22.4. The van der Waals surface area contributed by atoms with Crippen molar-refractivity contribution in [3.63, 3.8) is 0 Å². The second-order valence-electron chi connectivity index (χ2n) is 8.47. The molecule has 42 heavy (non-hydrogen) atoms. The number of rotatable bonds is 4. The number of carbonyl (C=O) groups excluding carboxylic acids is 2. The largest absolute Gasteiger partial charge is 0.506 e. The molecule has 0 spiro atoms. The first-order valence-electron chi connectivity index (χ1n) is 11.8. The third-order valence-electron chi connectivity index (χ3n) is 5.62. The van der Waals surface area contributed by atoms with Crippen LogP contribution in [0.4, 0.5) is 24.1 Å². The SMILES string of the molecule is Nc1ccc(C#Cc2ccc3c(c2)C(=O)N([C@@H](C(=O)Nc2nccs2)c2ncccc2O)C3)cn1.O=C(O)C(F)(F)F. The van der Waals surface area contributed by atoms with Crippen LogP contribution in [0.2, 0.25) is 0 Å². The zero-order valence-electron chi connectivity index (χ0n) is 21.2. The van der Waals surface area contributed by atoms with Gasteiger partial charge in [0.2, 0.25) is 0 Å². The average molecular weight is 597 g/mol. The molecular formula is C27H19F3N6O5S. The van der Waals surface area contributed by atoms with E-state index in [1.54, 1.807) is 42.0 Å². The number of fused-ring (bicyclic) bond motifs is 1. The van der Waals surface area contributed by atoms with Gasteiger partial charge in [0.15, 0.2) is 11.2 Å². The van der Waals surface area contributed by atoms with Crippen LogP contribution in [0.3, 0.4) is 0 Å². The molecule has 214 valence electrons. The quantitative estimate of drug-likeness (QED) is 0.257. The fourth-order valence-corrected chi connectivity index (χ4v) is 4.26. The lowest BCUT2D eigenvalue weighted by Gasteiger charge is -2.26. The zero-order chi connectivity index (χ0) is 30.4. The number of aromatic hydroxyl groups is 1. The number of hydrogen-bond donors (Lipinski definition) is 4. The number of hydrogen-bond acceptors (Lipinski definition) is 9. The van der Waals surface area contributed by atoms with Gasteiger partial charge in [0.1, 0.15) is 17.3 Å². The molecule has 1 atom stereocenters. The first-order valence-corrected chi connectivity index (χ1v) is 12.6. The number of nitrogens with zero attached hydrogens (tertiary/aromatic N) is 4. The van der Waals surface area contributed by atoms with Gasteiger partial charge in [-0.05, 0) is 42.0 Å². The summed E-state index contributed by atoms with van der Waals surface area (Å²) in [6, 6.07) is 10.6. The van der Waals surface area contributed by atoms with Gasteiger partial charge in [-0.2, -0.15) is 13.2 Å². The molecule has 11 nitrogen and oxygen atoms in total. The summed E-state index contributed by atoms with van der Waals surface area (Å²) < 4.78 is 31.7. The van der Waals surface area contributed by atoms with Crippen molar-refractivity contribution in [3.05, 3.63) is 94.4 Å². The highest BCUT2D eigenvalue weighted by Crippen LogP contribution is 2.35. The molecule has 4 aromatic rings. The van der Waals surface area contributed by atoms with E-state index < -0.39 is 24.1 Å². The van der Waals surface area contributed by atoms with Crippen LogP contribution in [0.1, 0.15) is 38.8 Å². The van der Waals surface area contributed by atoms with E-state index in [9.17, 15) is 27.9 Å². The molecule has 5 rings (SSSR count). The number of carboxylic acids is 1. The number of nitrogens with two attached hydrogens (primary N) is 1. The molecule has 2 amide bonds. The Bertz CT molecular complexity index is 1690. The van der Waals surface area contributed by atoms with Crippen LogP contribution in [-0.2, 0) is 16.1 Å². The lowest BCUT2D eigenvalue weighted by Crippen LogP contribution is -2.38. The van der Waals surface area contributed by atoms with E-state index in [1.165, 1.54) is 28.5 Å². The fourth-order valence-electron chi connectivity index (χ4n) is 3.73. The number of alkyl halides is 3. The standard InChI is InChI=1S/C25H18N6O3S.C2HF3O2/c26-20-8-6-16(13-29-20)4-3-15-5-7-17-14-31(24(34)18(17)12-15)22(21-19(32)2-1-9-27-21)23(33)30-25-28-10-11-35-25;3-2(4,5)1(6)7/h1-2,5-13,22,32H,14H2,(H2,26,29)(H,28,30,33);(H,6,7)/t22-;/m1./s1. The highest BCUT2D eigenvalue weighted by Gasteiger charge is 2.40. The molecule has 0 fully saturated rings. The predicted octanol–water partition coefficient (Wildman–Crippen LogP) is 3.59. The number of amides is 2. The van der Waals surface area contributed by atoms with Gasteiger partial charge in [-0.3, -0.25) is 19.9 Å². The highest BCUT2D eigenvalue weighted by molar-refractivity contribution is 7.13. The van der Waals surface area contributed by atoms with Crippen LogP contribution in [0.15, 0.2) is 66.4 Å². The third kappa shape index (κ3) is 6.98. The number of thiazole rings is 1. The zero-order valence-corrected chi connectivity index (χ0v) is 22.0. The Kier molecular flexibility index (Phi) is 8.67. The highest BCUT2D eigenvalue weighted by atomic mass is 32.1. The van der Waals surface area contributed by atoms with E-state index in [2.05, 4.69) is 32.1 Å². The van der Waals surface area contributed by atoms with Gasteiger partial charge in [-0.25, -0.2) is 14.8 Å². The maximum atomic E-state index is 13.4. The van der Waals surface area contributed by atoms with Crippen molar-refractivity contribution >= 4 is 40.1 Å². The van der Waals surface area contributed by atoms with Gasteiger partial charge < -0.3 is 20.8 Å². The minimum Gasteiger partial charge on any atom is -0.506 e. The number of nitrogen functional groups attached to an aromatic ring is 1. The molecule has 0 aliphatic carbocycles. The number of benzene rings is 1. The molecule has 0 saturated carbocycles. The van der Waals surface area contributed by atoms with E-state index in [4.69, 9.17) is 15.6 Å².